The van der Waals surface area contributed by atoms with Crippen molar-refractivity contribution in [1.82, 2.24) is 15.1 Å². The molecule has 1 heterocycles. The molecule has 6 heteroatoms. The van der Waals surface area contributed by atoms with Crippen LogP contribution in [0.3, 0.4) is 0 Å². The molecule has 0 bridgehead atoms. The summed E-state index contributed by atoms with van der Waals surface area (Å²) in [6.07, 6.45) is 0.264. The van der Waals surface area contributed by atoms with Crippen molar-refractivity contribution in [3.05, 3.63) is 81.1 Å². The first-order valence-corrected chi connectivity index (χ1v) is 9.47. The molecule has 1 N–H and O–H groups in total. The predicted octanol–water partition coefficient (Wildman–Crippen LogP) is 5.22. The van der Waals surface area contributed by atoms with Gasteiger partial charge < -0.3 is 5.32 Å². The van der Waals surface area contributed by atoms with E-state index < -0.39 is 0 Å². The molecule has 0 saturated carbocycles. The molecular weight excluding hydrogens is 381 g/mol. The Morgan fingerprint density at radius 1 is 1.15 bits per heavy atom. The second kappa shape index (κ2) is 8.15. The first-order chi connectivity index (χ1) is 12.9. The summed E-state index contributed by atoms with van der Waals surface area (Å²) in [6.45, 7) is 5.81. The molecule has 3 aromatic rings. The van der Waals surface area contributed by atoms with Crippen LogP contribution in [0, 0.1) is 13.8 Å². The van der Waals surface area contributed by atoms with Gasteiger partial charge in [-0.2, -0.15) is 5.10 Å². The van der Waals surface area contributed by atoms with E-state index in [1.165, 1.54) is 0 Å². The van der Waals surface area contributed by atoms with Crippen molar-refractivity contribution in [3.8, 4) is 5.69 Å². The zero-order valence-corrected chi connectivity index (χ0v) is 17.0. The molecule has 0 aliphatic carbocycles. The van der Waals surface area contributed by atoms with E-state index in [-0.39, 0.29) is 18.4 Å². The molecule has 0 unspecified atom stereocenters. The largest absolute Gasteiger partial charge is 0.349 e. The van der Waals surface area contributed by atoms with E-state index in [4.69, 9.17) is 23.2 Å². The highest BCUT2D eigenvalue weighted by molar-refractivity contribution is 6.35. The van der Waals surface area contributed by atoms with Gasteiger partial charge in [0.15, 0.2) is 0 Å². The third-order valence-corrected chi connectivity index (χ3v) is 5.15. The number of aryl methyl sites for hydroxylation is 1. The minimum absolute atomic E-state index is 0.0765. The van der Waals surface area contributed by atoms with Crippen molar-refractivity contribution in [2.24, 2.45) is 0 Å². The van der Waals surface area contributed by atoms with Crippen molar-refractivity contribution in [1.29, 1.82) is 0 Å². The monoisotopic (exact) mass is 401 g/mol. The lowest BCUT2D eigenvalue weighted by Crippen LogP contribution is -2.28. The van der Waals surface area contributed by atoms with Crippen molar-refractivity contribution in [2.75, 3.05) is 0 Å². The maximum Gasteiger partial charge on any atom is 0.225 e. The van der Waals surface area contributed by atoms with Gasteiger partial charge in [0, 0.05) is 21.3 Å². The molecule has 0 fully saturated rings. The van der Waals surface area contributed by atoms with Gasteiger partial charge in [-0.05, 0) is 50.6 Å². The lowest BCUT2D eigenvalue weighted by molar-refractivity contribution is -0.121. The van der Waals surface area contributed by atoms with E-state index in [9.17, 15) is 4.79 Å². The highest BCUT2D eigenvalue weighted by atomic mass is 35.5. The molecule has 1 atom stereocenters. The summed E-state index contributed by atoms with van der Waals surface area (Å²) in [4.78, 5) is 12.6. The Hall–Kier alpha value is -2.30. The number of hydrogen-bond donors (Lipinski definition) is 1. The van der Waals surface area contributed by atoms with E-state index in [1.54, 1.807) is 12.1 Å². The number of halogens is 2. The molecule has 27 heavy (non-hydrogen) atoms. The fraction of sp³-hybridized carbons (Fsp3) is 0.238. The molecule has 0 aliphatic heterocycles. The van der Waals surface area contributed by atoms with Gasteiger partial charge in [-0.25, -0.2) is 4.68 Å². The SMILES string of the molecule is Cc1nn(-c2ccccc2)c(C)c1CC(=O)N[C@@H](C)c1ccc(Cl)cc1Cl. The van der Waals surface area contributed by atoms with Gasteiger partial charge in [0.2, 0.25) is 5.91 Å². The van der Waals surface area contributed by atoms with Crippen LogP contribution in [0.15, 0.2) is 48.5 Å². The summed E-state index contributed by atoms with van der Waals surface area (Å²) < 4.78 is 1.87. The Kier molecular flexibility index (Phi) is 5.88. The minimum atomic E-state index is -0.216. The van der Waals surface area contributed by atoms with E-state index in [1.807, 2.05) is 61.9 Å². The molecule has 1 aromatic heterocycles. The summed E-state index contributed by atoms with van der Waals surface area (Å²) in [5.41, 5.74) is 4.56. The fourth-order valence-corrected chi connectivity index (χ4v) is 3.71. The van der Waals surface area contributed by atoms with Crippen LogP contribution in [0.2, 0.25) is 10.0 Å². The number of nitrogens with one attached hydrogen (secondary N) is 1. The van der Waals surface area contributed by atoms with Crippen LogP contribution in [0.1, 0.15) is 35.5 Å². The van der Waals surface area contributed by atoms with E-state index in [2.05, 4.69) is 10.4 Å². The highest BCUT2D eigenvalue weighted by Crippen LogP contribution is 2.26. The van der Waals surface area contributed by atoms with Crippen molar-refractivity contribution in [2.45, 2.75) is 33.2 Å². The molecule has 0 saturated heterocycles. The quantitative estimate of drug-likeness (QED) is 0.637. The Labute approximate surface area is 169 Å². The van der Waals surface area contributed by atoms with Gasteiger partial charge in [0.25, 0.3) is 0 Å². The molecular formula is C21H21Cl2N3O. The standard InChI is InChI=1S/C21H21Cl2N3O/c1-13(18-10-9-16(22)11-20(18)23)24-21(27)12-19-14(2)25-26(15(19)3)17-7-5-4-6-8-17/h4-11,13H,12H2,1-3H3,(H,24,27)/t13-/m0/s1. The predicted molar refractivity (Wildman–Crippen MR) is 110 cm³/mol. The van der Waals surface area contributed by atoms with Crippen LogP contribution in [-0.4, -0.2) is 15.7 Å². The molecule has 1 amide bonds. The van der Waals surface area contributed by atoms with Crippen molar-refractivity contribution >= 4 is 29.1 Å². The van der Waals surface area contributed by atoms with Crippen LogP contribution in [0.25, 0.3) is 5.69 Å². The Bertz CT molecular complexity index is 967. The molecule has 0 radical (unpaired) electrons. The number of benzene rings is 2. The first-order valence-electron chi connectivity index (χ1n) is 8.71. The lowest BCUT2D eigenvalue weighted by Gasteiger charge is -2.16. The van der Waals surface area contributed by atoms with Crippen LogP contribution >= 0.6 is 23.2 Å². The molecule has 0 spiro atoms. The average molecular weight is 402 g/mol. The minimum Gasteiger partial charge on any atom is -0.349 e. The van der Waals surface area contributed by atoms with Crippen molar-refractivity contribution < 1.29 is 4.79 Å². The van der Waals surface area contributed by atoms with Gasteiger partial charge in [-0.1, -0.05) is 47.5 Å². The van der Waals surface area contributed by atoms with Gasteiger partial charge in [0.05, 0.1) is 23.8 Å². The fourth-order valence-electron chi connectivity index (χ4n) is 3.13. The normalized spacial score (nSPS) is 12.0. The summed E-state index contributed by atoms with van der Waals surface area (Å²) in [6, 6.07) is 15.0. The zero-order valence-electron chi connectivity index (χ0n) is 15.5. The highest BCUT2D eigenvalue weighted by Gasteiger charge is 2.18. The summed E-state index contributed by atoms with van der Waals surface area (Å²) in [5.74, 6) is -0.0765. The second-order valence-electron chi connectivity index (χ2n) is 6.53. The van der Waals surface area contributed by atoms with Crippen molar-refractivity contribution in [3.63, 3.8) is 0 Å². The van der Waals surface area contributed by atoms with E-state index in [0.717, 1.165) is 28.2 Å². The summed E-state index contributed by atoms with van der Waals surface area (Å²) in [5, 5.41) is 8.71. The molecule has 140 valence electrons. The maximum atomic E-state index is 12.6. The van der Waals surface area contributed by atoms with Gasteiger partial charge in [-0.15, -0.1) is 0 Å². The number of aromatic nitrogens is 2. The summed E-state index contributed by atoms with van der Waals surface area (Å²) >= 11 is 12.2. The molecule has 2 aromatic carbocycles. The topological polar surface area (TPSA) is 46.9 Å². The second-order valence-corrected chi connectivity index (χ2v) is 7.37. The Morgan fingerprint density at radius 3 is 2.52 bits per heavy atom. The van der Waals surface area contributed by atoms with E-state index >= 15 is 0 Å². The third-order valence-electron chi connectivity index (χ3n) is 4.59. The van der Waals surface area contributed by atoms with Gasteiger partial charge in [0.1, 0.15) is 0 Å². The maximum absolute atomic E-state index is 12.6. The first kappa shape index (κ1) is 19.5. The zero-order chi connectivity index (χ0) is 19.6. The Morgan fingerprint density at radius 2 is 1.85 bits per heavy atom. The van der Waals surface area contributed by atoms with Crippen LogP contribution in [0.5, 0.6) is 0 Å². The molecule has 4 nitrogen and oxygen atoms in total. The number of carbonyl (C=O) groups is 1. The number of amides is 1. The lowest BCUT2D eigenvalue weighted by atomic mass is 10.1. The number of carbonyl (C=O) groups excluding carboxylic acids is 1. The number of nitrogens with zero attached hydrogens (tertiary/aromatic N) is 2. The molecule has 0 aliphatic rings. The number of rotatable bonds is 5. The average Bonchev–Trinajstić information content (AvgIpc) is 2.90. The van der Waals surface area contributed by atoms with Crippen LogP contribution < -0.4 is 5.32 Å². The van der Waals surface area contributed by atoms with E-state index in [0.29, 0.717) is 10.0 Å². The van der Waals surface area contributed by atoms with Gasteiger partial charge >= 0.3 is 0 Å². The van der Waals surface area contributed by atoms with Gasteiger partial charge in [-0.3, -0.25) is 4.79 Å². The smallest absolute Gasteiger partial charge is 0.225 e. The Balaban J connectivity index is 1.75. The third kappa shape index (κ3) is 4.34. The van der Waals surface area contributed by atoms with Crippen LogP contribution in [-0.2, 0) is 11.2 Å². The van der Waals surface area contributed by atoms with Crippen LogP contribution in [0.4, 0.5) is 0 Å². The molecule has 3 rings (SSSR count). The summed E-state index contributed by atoms with van der Waals surface area (Å²) in [7, 11) is 0. The number of hydrogen-bond acceptors (Lipinski definition) is 2. The number of para-hydroxylation sites is 1.